The first-order valence-electron chi connectivity index (χ1n) is 11.9. The second-order valence-corrected chi connectivity index (χ2v) is 9.68. The van der Waals surface area contributed by atoms with E-state index < -0.39 is 46.9 Å². The van der Waals surface area contributed by atoms with Crippen LogP contribution in [0.15, 0.2) is 47.5 Å². The average molecular weight is 580 g/mol. The minimum Gasteiger partial charge on any atom is -0.488 e. The van der Waals surface area contributed by atoms with Crippen molar-refractivity contribution in [3.05, 3.63) is 80.7 Å². The van der Waals surface area contributed by atoms with Crippen molar-refractivity contribution in [2.75, 3.05) is 0 Å². The van der Waals surface area contributed by atoms with Gasteiger partial charge in [0.25, 0.3) is 5.56 Å². The third-order valence-electron chi connectivity index (χ3n) is 5.86. The molecule has 210 valence electrons. The highest BCUT2D eigenvalue weighted by atomic mass is 35.5. The summed E-state index contributed by atoms with van der Waals surface area (Å²) in [5.74, 6) is -3.27. The fourth-order valence-corrected chi connectivity index (χ4v) is 4.36. The molecule has 1 saturated heterocycles. The van der Waals surface area contributed by atoms with Crippen LogP contribution >= 0.6 is 11.6 Å². The minimum absolute atomic E-state index is 0.00806. The maximum Gasteiger partial charge on any atom is 0.437 e. The molecule has 14 heteroatoms. The lowest BCUT2D eigenvalue weighted by Crippen LogP contribution is -2.54. The number of halogens is 5. The van der Waals surface area contributed by atoms with Gasteiger partial charge >= 0.3 is 6.18 Å². The van der Waals surface area contributed by atoms with Gasteiger partial charge in [0.2, 0.25) is 11.7 Å². The predicted octanol–water partition coefficient (Wildman–Crippen LogP) is 4.68. The first-order chi connectivity index (χ1) is 18.8. The molecule has 2 aromatic carbocycles. The number of ether oxygens (including phenoxy) is 2. The molecule has 2 unspecified atom stereocenters. The summed E-state index contributed by atoms with van der Waals surface area (Å²) < 4.78 is 67.2. The summed E-state index contributed by atoms with van der Waals surface area (Å²) in [7, 11) is 0. The number of nitriles is 1. The van der Waals surface area contributed by atoms with Crippen LogP contribution in [0.5, 0.6) is 17.2 Å². The van der Waals surface area contributed by atoms with Crippen molar-refractivity contribution >= 4 is 17.5 Å². The van der Waals surface area contributed by atoms with Crippen LogP contribution in [0.2, 0.25) is 5.02 Å². The first-order valence-corrected chi connectivity index (χ1v) is 12.3. The number of carbonyl (C=O) groups is 1. The molecule has 1 amide bonds. The fraction of sp³-hybridized carbons (Fsp3) is 0.308. The molecule has 3 aromatic rings. The van der Waals surface area contributed by atoms with Gasteiger partial charge in [-0.15, -0.1) is 0 Å². The maximum atomic E-state index is 14.6. The maximum absolute atomic E-state index is 14.6. The summed E-state index contributed by atoms with van der Waals surface area (Å²) in [5, 5.41) is 9.13. The van der Waals surface area contributed by atoms with Crippen molar-refractivity contribution in [1.29, 1.82) is 5.26 Å². The van der Waals surface area contributed by atoms with E-state index in [1.165, 1.54) is 18.2 Å². The average Bonchev–Trinajstić information content (AvgIpc) is 2.87. The van der Waals surface area contributed by atoms with Crippen molar-refractivity contribution < 1.29 is 31.8 Å². The molecule has 9 nitrogen and oxygen atoms in total. The Hall–Kier alpha value is -4.15. The van der Waals surface area contributed by atoms with E-state index in [9.17, 15) is 27.2 Å². The van der Waals surface area contributed by atoms with Crippen molar-refractivity contribution in [3.8, 4) is 23.3 Å². The summed E-state index contributed by atoms with van der Waals surface area (Å²) in [6.07, 6.45) is -4.48. The van der Waals surface area contributed by atoms with Gasteiger partial charge < -0.3 is 9.47 Å². The number of hydrogen-bond donors (Lipinski definition) is 2. The lowest BCUT2D eigenvalue weighted by atomic mass is 9.90. The largest absolute Gasteiger partial charge is 0.488 e. The molecule has 0 aliphatic carbocycles. The third-order valence-corrected chi connectivity index (χ3v) is 6.08. The van der Waals surface area contributed by atoms with E-state index in [1.54, 1.807) is 26.0 Å². The molecular formula is C26H22ClF4N5O4. The van der Waals surface area contributed by atoms with Crippen LogP contribution in [0, 0.1) is 17.1 Å². The Morgan fingerprint density at radius 1 is 1.23 bits per heavy atom. The summed E-state index contributed by atoms with van der Waals surface area (Å²) in [4.78, 5) is 29.1. The first kappa shape index (κ1) is 28.8. The predicted molar refractivity (Wildman–Crippen MR) is 134 cm³/mol. The molecule has 0 saturated carbocycles. The monoisotopic (exact) mass is 579 g/mol. The molecule has 0 bridgehead atoms. The van der Waals surface area contributed by atoms with Gasteiger partial charge in [0.1, 0.15) is 5.75 Å². The van der Waals surface area contributed by atoms with Gasteiger partial charge in [0, 0.05) is 17.6 Å². The number of nitrogens with zero attached hydrogens (tertiary/aromatic N) is 3. The van der Waals surface area contributed by atoms with E-state index in [0.29, 0.717) is 5.56 Å². The van der Waals surface area contributed by atoms with E-state index in [-0.39, 0.29) is 41.2 Å². The van der Waals surface area contributed by atoms with Crippen molar-refractivity contribution in [1.82, 2.24) is 20.4 Å². The van der Waals surface area contributed by atoms with Gasteiger partial charge in [0.05, 0.1) is 30.0 Å². The fourth-order valence-electron chi connectivity index (χ4n) is 4.14. The molecule has 0 spiro atoms. The second-order valence-electron chi connectivity index (χ2n) is 9.24. The molecular weight excluding hydrogens is 558 g/mol. The minimum atomic E-state index is -5.03. The molecule has 2 heterocycles. The lowest BCUT2D eigenvalue weighted by Gasteiger charge is -2.31. The molecule has 1 aliphatic rings. The molecule has 0 radical (unpaired) electrons. The Bertz CT molecular complexity index is 1540. The summed E-state index contributed by atoms with van der Waals surface area (Å²) in [6.45, 7) is 3.27. The zero-order chi connectivity index (χ0) is 29.2. The van der Waals surface area contributed by atoms with Crippen LogP contribution in [0.25, 0.3) is 0 Å². The third kappa shape index (κ3) is 6.52. The van der Waals surface area contributed by atoms with E-state index >= 15 is 0 Å². The van der Waals surface area contributed by atoms with E-state index in [1.807, 2.05) is 0 Å². The summed E-state index contributed by atoms with van der Waals surface area (Å²) >= 11 is 5.92. The molecule has 4 rings (SSSR count). The van der Waals surface area contributed by atoms with Crippen molar-refractivity contribution in [2.24, 2.45) is 0 Å². The molecule has 2 atom stereocenters. The lowest BCUT2D eigenvalue weighted by molar-refractivity contribution is -0.142. The Labute approximate surface area is 230 Å². The number of carbonyl (C=O) groups excluding carboxylic acids is 1. The smallest absolute Gasteiger partial charge is 0.437 e. The highest BCUT2D eigenvalue weighted by Crippen LogP contribution is 2.35. The van der Waals surface area contributed by atoms with Crippen molar-refractivity contribution in [2.45, 2.75) is 51.1 Å². The number of amides is 1. The zero-order valence-corrected chi connectivity index (χ0v) is 21.8. The summed E-state index contributed by atoms with van der Waals surface area (Å²) in [5.41, 5.74) is 2.82. The van der Waals surface area contributed by atoms with Crippen LogP contribution in [-0.2, 0) is 17.5 Å². The van der Waals surface area contributed by atoms with Gasteiger partial charge in [-0.25, -0.2) is 14.8 Å². The van der Waals surface area contributed by atoms with Crippen LogP contribution in [0.1, 0.15) is 43.0 Å². The van der Waals surface area contributed by atoms with Crippen LogP contribution in [0.3, 0.4) is 0 Å². The SMILES string of the molecule is CC(C)Oc1ccc(C2CC(Cn3cnc(C(F)(F)F)c(Oc4cc(Cl)cc(C#N)c4)c3=O)NNC2=O)cc1F. The van der Waals surface area contributed by atoms with Crippen LogP contribution < -0.4 is 25.9 Å². The molecule has 1 fully saturated rings. The van der Waals surface area contributed by atoms with E-state index in [0.717, 1.165) is 23.0 Å². The second kappa shape index (κ2) is 11.5. The number of nitrogens with one attached hydrogen (secondary N) is 2. The van der Waals surface area contributed by atoms with Crippen LogP contribution in [0.4, 0.5) is 17.6 Å². The van der Waals surface area contributed by atoms with Gasteiger partial charge in [-0.3, -0.25) is 19.6 Å². The molecule has 1 aromatic heterocycles. The number of hydrazine groups is 1. The van der Waals surface area contributed by atoms with Crippen molar-refractivity contribution in [3.63, 3.8) is 0 Å². The normalized spacial score (nSPS) is 17.3. The van der Waals surface area contributed by atoms with Gasteiger partial charge in [-0.05, 0) is 56.2 Å². The Kier molecular flexibility index (Phi) is 8.32. The standard InChI is InChI=1S/C26H22ClF4N5O4/c1-13(2)39-21-4-3-15(7-20(21)28)19-9-17(34-35-24(19)37)11-36-12-33-23(26(29,30)31)22(25(36)38)40-18-6-14(10-32)5-16(27)8-18/h3-8,12-13,17,19,34H,9,11H2,1-2H3,(H,35,37). The van der Waals surface area contributed by atoms with Gasteiger partial charge in [0.15, 0.2) is 17.3 Å². The van der Waals surface area contributed by atoms with E-state index in [4.69, 9.17) is 26.3 Å². The number of hydrogen-bond acceptors (Lipinski definition) is 7. The van der Waals surface area contributed by atoms with Gasteiger partial charge in [-0.1, -0.05) is 17.7 Å². The van der Waals surface area contributed by atoms with Crippen LogP contribution in [-0.4, -0.2) is 27.6 Å². The Morgan fingerprint density at radius 3 is 2.62 bits per heavy atom. The quantitative estimate of drug-likeness (QED) is 0.390. The molecule has 1 aliphatic heterocycles. The topological polar surface area (TPSA) is 118 Å². The molecule has 40 heavy (non-hydrogen) atoms. The Balaban J connectivity index is 1.62. The number of benzene rings is 2. The molecule has 2 N–H and O–H groups in total. The number of aromatic nitrogens is 2. The van der Waals surface area contributed by atoms with Gasteiger partial charge in [-0.2, -0.15) is 18.4 Å². The summed E-state index contributed by atoms with van der Waals surface area (Å²) in [6, 6.07) is 8.84. The zero-order valence-electron chi connectivity index (χ0n) is 21.1. The highest BCUT2D eigenvalue weighted by Gasteiger charge is 2.39. The number of rotatable bonds is 7. The number of alkyl halides is 3. The highest BCUT2D eigenvalue weighted by molar-refractivity contribution is 6.30. The Morgan fingerprint density at radius 2 is 1.98 bits per heavy atom. The van der Waals surface area contributed by atoms with E-state index in [2.05, 4.69) is 15.8 Å².